The molecule has 2 aromatic rings. The zero-order valence-electron chi connectivity index (χ0n) is 15.1. The van der Waals surface area contributed by atoms with Gasteiger partial charge in [-0.15, -0.1) is 0 Å². The number of hydrogen-bond donors (Lipinski definition) is 1. The highest BCUT2D eigenvalue weighted by Crippen LogP contribution is 2.31. The van der Waals surface area contributed by atoms with Crippen molar-refractivity contribution in [3.05, 3.63) is 36.0 Å². The number of hydrogen-bond acceptors (Lipinski definition) is 5. The molecule has 1 N–H and O–H groups in total. The lowest BCUT2D eigenvalue weighted by atomic mass is 10.3. The van der Waals surface area contributed by atoms with Gasteiger partial charge in [-0.1, -0.05) is 6.92 Å². The van der Waals surface area contributed by atoms with Crippen LogP contribution in [0.1, 0.15) is 36.1 Å². The molecule has 140 valence electrons. The van der Waals surface area contributed by atoms with E-state index in [0.717, 1.165) is 16.7 Å². The molecular weight excluding hydrogens is 354 g/mol. The van der Waals surface area contributed by atoms with Gasteiger partial charge >= 0.3 is 0 Å². The highest BCUT2D eigenvalue weighted by atomic mass is 32.2. The maximum atomic E-state index is 13.0. The van der Waals surface area contributed by atoms with Crippen LogP contribution in [-0.4, -0.2) is 43.0 Å². The molecule has 9 heteroatoms. The summed E-state index contributed by atoms with van der Waals surface area (Å²) in [7, 11) is -0.882. The van der Waals surface area contributed by atoms with Gasteiger partial charge in [0, 0.05) is 39.5 Å². The lowest BCUT2D eigenvalue weighted by Crippen LogP contribution is -2.27. The summed E-state index contributed by atoms with van der Waals surface area (Å²) in [6.07, 6.45) is 6.06. The van der Waals surface area contributed by atoms with Crippen LogP contribution < -0.4 is 9.62 Å². The molecule has 3 rings (SSSR count). The molecule has 1 aliphatic rings. The van der Waals surface area contributed by atoms with E-state index >= 15 is 0 Å². The third-order valence-electron chi connectivity index (χ3n) is 4.50. The molecule has 0 saturated heterocycles. The summed E-state index contributed by atoms with van der Waals surface area (Å²) < 4.78 is 29.1. The highest BCUT2D eigenvalue weighted by Gasteiger charge is 2.28. The van der Waals surface area contributed by atoms with Gasteiger partial charge in [-0.05, 0) is 30.9 Å². The van der Waals surface area contributed by atoms with Crippen molar-refractivity contribution < 1.29 is 13.2 Å². The Morgan fingerprint density at radius 3 is 2.77 bits per heavy atom. The van der Waals surface area contributed by atoms with Gasteiger partial charge in [0.2, 0.25) is 0 Å². The van der Waals surface area contributed by atoms with E-state index in [2.05, 4.69) is 15.3 Å². The van der Waals surface area contributed by atoms with Crippen LogP contribution in [0.2, 0.25) is 0 Å². The Bertz CT molecular complexity index is 918. The molecule has 26 heavy (non-hydrogen) atoms. The van der Waals surface area contributed by atoms with Gasteiger partial charge < -0.3 is 9.88 Å². The van der Waals surface area contributed by atoms with Gasteiger partial charge in [0.05, 0.1) is 5.69 Å². The van der Waals surface area contributed by atoms with Gasteiger partial charge in [0.25, 0.3) is 15.9 Å². The number of pyridine rings is 1. The Balaban J connectivity index is 1.92. The van der Waals surface area contributed by atoms with Gasteiger partial charge in [-0.25, -0.2) is 4.98 Å². The number of nitrogens with zero attached hydrogens (tertiary/aromatic N) is 4. The lowest BCUT2D eigenvalue weighted by Gasteiger charge is -2.18. The Morgan fingerprint density at radius 1 is 1.42 bits per heavy atom. The molecule has 0 spiro atoms. The van der Waals surface area contributed by atoms with Gasteiger partial charge in [0.15, 0.2) is 5.03 Å². The number of sulfonamides is 1. The molecule has 2 heterocycles. The Hall–Kier alpha value is -2.42. The summed E-state index contributed by atoms with van der Waals surface area (Å²) in [4.78, 5) is 20.1. The van der Waals surface area contributed by atoms with Crippen molar-refractivity contribution in [2.24, 2.45) is 5.92 Å². The zero-order valence-corrected chi connectivity index (χ0v) is 16.0. The number of imidazole rings is 1. The first-order valence-corrected chi connectivity index (χ1v) is 10.0. The fourth-order valence-electron chi connectivity index (χ4n) is 2.72. The molecule has 1 amide bonds. The molecule has 1 fully saturated rings. The molecule has 2 aromatic heterocycles. The molecule has 0 aromatic carbocycles. The number of carbonyl (C=O) groups is 1. The maximum absolute atomic E-state index is 13.0. The zero-order chi connectivity index (χ0) is 18.9. The van der Waals surface area contributed by atoms with Crippen molar-refractivity contribution in [3.63, 3.8) is 0 Å². The minimum Gasteiger partial charge on any atom is -0.354 e. The third-order valence-corrected chi connectivity index (χ3v) is 6.15. The second-order valence-corrected chi connectivity index (χ2v) is 8.31. The summed E-state index contributed by atoms with van der Waals surface area (Å²) in [5.41, 5.74) is 0.508. The Kier molecular flexibility index (Phi) is 4.99. The highest BCUT2D eigenvalue weighted by molar-refractivity contribution is 7.92. The first-order chi connectivity index (χ1) is 12.4. The Labute approximate surface area is 153 Å². The first-order valence-electron chi connectivity index (χ1n) is 8.60. The predicted octanol–water partition coefficient (Wildman–Crippen LogP) is 1.44. The number of rotatable bonds is 7. The van der Waals surface area contributed by atoms with Crippen LogP contribution in [0, 0.1) is 5.92 Å². The van der Waals surface area contributed by atoms with E-state index < -0.39 is 10.0 Å². The second kappa shape index (κ2) is 7.06. The number of aryl methyl sites for hydroxylation is 1. The molecule has 0 unspecified atom stereocenters. The summed E-state index contributed by atoms with van der Waals surface area (Å²) in [6, 6.07) is 2.99. The molecule has 0 aliphatic heterocycles. The maximum Gasteiger partial charge on any atom is 0.283 e. The van der Waals surface area contributed by atoms with E-state index in [9.17, 15) is 13.2 Å². The summed E-state index contributed by atoms with van der Waals surface area (Å²) in [5.74, 6) is 1.02. The quantitative estimate of drug-likeness (QED) is 0.787. The molecular formula is C17H23N5O3S. The van der Waals surface area contributed by atoms with Crippen LogP contribution in [0.5, 0.6) is 0 Å². The summed E-state index contributed by atoms with van der Waals surface area (Å²) >= 11 is 0. The number of amides is 1. The normalized spacial score (nSPS) is 14.3. The van der Waals surface area contributed by atoms with E-state index in [1.807, 2.05) is 11.5 Å². The van der Waals surface area contributed by atoms with Crippen molar-refractivity contribution in [1.29, 1.82) is 0 Å². The molecule has 0 atom stereocenters. The summed E-state index contributed by atoms with van der Waals surface area (Å²) in [5, 5.41) is 2.50. The van der Waals surface area contributed by atoms with Gasteiger partial charge in [-0.3, -0.25) is 14.1 Å². The lowest BCUT2D eigenvalue weighted by molar-refractivity contribution is 0.0958. The number of carbonyl (C=O) groups excluding carboxylic acids is 1. The number of nitrogens with one attached hydrogen (secondary N) is 1. The van der Waals surface area contributed by atoms with Crippen LogP contribution in [-0.2, 0) is 23.0 Å². The predicted molar refractivity (Wildman–Crippen MR) is 97.5 cm³/mol. The van der Waals surface area contributed by atoms with E-state index in [4.69, 9.17) is 0 Å². The number of aromatic nitrogens is 3. The largest absolute Gasteiger partial charge is 0.354 e. The van der Waals surface area contributed by atoms with Crippen molar-refractivity contribution in [3.8, 4) is 0 Å². The minimum absolute atomic E-state index is 0.0239. The Morgan fingerprint density at radius 2 is 2.15 bits per heavy atom. The van der Waals surface area contributed by atoms with Crippen LogP contribution in [0.15, 0.2) is 29.6 Å². The van der Waals surface area contributed by atoms with Crippen LogP contribution in [0.3, 0.4) is 0 Å². The third kappa shape index (κ3) is 3.57. The topological polar surface area (TPSA) is 97.2 Å². The van der Waals surface area contributed by atoms with Gasteiger partial charge in [-0.2, -0.15) is 8.42 Å². The molecule has 1 aliphatic carbocycles. The first kappa shape index (κ1) is 18.4. The molecule has 8 nitrogen and oxygen atoms in total. The van der Waals surface area contributed by atoms with Crippen molar-refractivity contribution in [1.82, 2.24) is 19.9 Å². The van der Waals surface area contributed by atoms with E-state index in [-0.39, 0.29) is 16.6 Å². The van der Waals surface area contributed by atoms with Crippen LogP contribution >= 0.6 is 0 Å². The number of anilines is 1. The SMILES string of the molecule is CCc1nc(S(=O)(=O)N(C)c2ccnc(C(=O)NC)c2)cn1CC1CC1. The monoisotopic (exact) mass is 377 g/mol. The van der Waals surface area contributed by atoms with E-state index in [0.29, 0.717) is 18.0 Å². The molecule has 1 saturated carbocycles. The van der Waals surface area contributed by atoms with Gasteiger partial charge in [0.1, 0.15) is 11.5 Å². The van der Waals surface area contributed by atoms with Crippen LogP contribution in [0.4, 0.5) is 5.69 Å². The average molecular weight is 377 g/mol. The van der Waals surface area contributed by atoms with E-state index in [1.165, 1.54) is 39.2 Å². The second-order valence-electron chi connectivity index (χ2n) is 6.40. The van der Waals surface area contributed by atoms with Crippen LogP contribution in [0.25, 0.3) is 0 Å². The van der Waals surface area contributed by atoms with Crippen molar-refractivity contribution >= 4 is 21.6 Å². The van der Waals surface area contributed by atoms with E-state index in [1.54, 1.807) is 12.3 Å². The van der Waals surface area contributed by atoms with Crippen molar-refractivity contribution in [2.75, 3.05) is 18.4 Å². The smallest absolute Gasteiger partial charge is 0.283 e. The average Bonchev–Trinajstić information content (AvgIpc) is 3.37. The molecule has 0 radical (unpaired) electrons. The standard InChI is InChI=1S/C17H23N5O3S/c1-4-15-20-16(11-22(15)10-12-5-6-12)26(24,25)21(3)13-7-8-19-14(9-13)17(23)18-2/h7-9,11-12H,4-6,10H2,1-3H3,(H,18,23). The minimum atomic E-state index is -3.83. The van der Waals surface area contributed by atoms with Crippen molar-refractivity contribution in [2.45, 2.75) is 37.8 Å². The molecule has 0 bridgehead atoms. The summed E-state index contributed by atoms with van der Waals surface area (Å²) in [6.45, 7) is 2.77. The fourth-order valence-corrected chi connectivity index (χ4v) is 3.87. The fraction of sp³-hybridized carbons (Fsp3) is 0.471.